The molecule has 0 saturated carbocycles. The molecule has 0 saturated heterocycles. The molecule has 0 aliphatic carbocycles. The SMILES string of the molecule is NC(=O)Nc1cccc(NC(=O)c2cnc3ccccn3c2=O)c1. The van der Waals surface area contributed by atoms with E-state index in [9.17, 15) is 14.4 Å². The number of hydrogen-bond donors (Lipinski definition) is 3. The van der Waals surface area contributed by atoms with Gasteiger partial charge in [0.15, 0.2) is 0 Å². The monoisotopic (exact) mass is 323 g/mol. The van der Waals surface area contributed by atoms with Crippen molar-refractivity contribution in [3.05, 3.63) is 70.8 Å². The standard InChI is InChI=1S/C16H13N5O3/c17-16(24)20-11-5-3-4-10(8-11)19-14(22)12-9-18-13-6-1-2-7-21(13)15(12)23/h1-9H,(H,19,22)(H3,17,20,24). The van der Waals surface area contributed by atoms with Crippen LogP contribution in [-0.4, -0.2) is 21.3 Å². The Morgan fingerprint density at radius 2 is 1.79 bits per heavy atom. The zero-order chi connectivity index (χ0) is 17.1. The number of carbonyl (C=O) groups excluding carboxylic acids is 2. The number of benzene rings is 1. The molecular formula is C16H13N5O3. The molecule has 0 aliphatic rings. The summed E-state index contributed by atoms with van der Waals surface area (Å²) in [4.78, 5) is 39.7. The van der Waals surface area contributed by atoms with Crippen LogP contribution >= 0.6 is 0 Å². The molecule has 2 heterocycles. The number of pyridine rings is 1. The Morgan fingerprint density at radius 1 is 1.04 bits per heavy atom. The van der Waals surface area contributed by atoms with Gasteiger partial charge in [-0.15, -0.1) is 0 Å². The van der Waals surface area contributed by atoms with E-state index >= 15 is 0 Å². The first kappa shape index (κ1) is 15.2. The highest BCUT2D eigenvalue weighted by Crippen LogP contribution is 2.15. The van der Waals surface area contributed by atoms with E-state index in [2.05, 4.69) is 15.6 Å². The van der Waals surface area contributed by atoms with Crippen LogP contribution in [0, 0.1) is 0 Å². The van der Waals surface area contributed by atoms with E-state index in [1.165, 1.54) is 16.7 Å². The molecule has 1 aromatic carbocycles. The van der Waals surface area contributed by atoms with Crippen LogP contribution in [0.3, 0.4) is 0 Å². The lowest BCUT2D eigenvalue weighted by Gasteiger charge is -2.08. The van der Waals surface area contributed by atoms with Crippen molar-refractivity contribution in [1.29, 1.82) is 0 Å². The number of urea groups is 1. The van der Waals surface area contributed by atoms with Crippen molar-refractivity contribution in [3.63, 3.8) is 0 Å². The molecule has 8 nitrogen and oxygen atoms in total. The van der Waals surface area contributed by atoms with E-state index in [0.717, 1.165) is 0 Å². The summed E-state index contributed by atoms with van der Waals surface area (Å²) in [5.41, 5.74) is 5.77. The lowest BCUT2D eigenvalue weighted by molar-refractivity contribution is 0.102. The van der Waals surface area contributed by atoms with E-state index in [-0.39, 0.29) is 5.56 Å². The Balaban J connectivity index is 1.89. The van der Waals surface area contributed by atoms with Gasteiger partial charge in [-0.25, -0.2) is 9.78 Å². The average molecular weight is 323 g/mol. The molecule has 4 N–H and O–H groups in total. The highest BCUT2D eigenvalue weighted by atomic mass is 16.2. The van der Waals surface area contributed by atoms with Gasteiger partial charge >= 0.3 is 6.03 Å². The third kappa shape index (κ3) is 3.07. The molecule has 24 heavy (non-hydrogen) atoms. The van der Waals surface area contributed by atoms with Crippen molar-refractivity contribution in [2.24, 2.45) is 5.73 Å². The van der Waals surface area contributed by atoms with Crippen LogP contribution in [0.5, 0.6) is 0 Å². The van der Waals surface area contributed by atoms with Crippen molar-refractivity contribution < 1.29 is 9.59 Å². The van der Waals surface area contributed by atoms with Crippen molar-refractivity contribution >= 4 is 29.0 Å². The number of nitrogens with zero attached hydrogens (tertiary/aromatic N) is 2. The third-order valence-corrected chi connectivity index (χ3v) is 3.25. The summed E-state index contributed by atoms with van der Waals surface area (Å²) in [7, 11) is 0. The van der Waals surface area contributed by atoms with Crippen molar-refractivity contribution in [3.8, 4) is 0 Å². The Morgan fingerprint density at radius 3 is 2.54 bits per heavy atom. The zero-order valence-electron chi connectivity index (χ0n) is 12.4. The largest absolute Gasteiger partial charge is 0.351 e. The number of fused-ring (bicyclic) bond motifs is 1. The first-order chi connectivity index (χ1) is 11.5. The lowest BCUT2D eigenvalue weighted by Crippen LogP contribution is -2.26. The van der Waals surface area contributed by atoms with Crippen LogP contribution < -0.4 is 21.9 Å². The molecule has 0 unspecified atom stereocenters. The predicted octanol–water partition coefficient (Wildman–Crippen LogP) is 1.44. The molecule has 3 rings (SSSR count). The zero-order valence-corrected chi connectivity index (χ0v) is 12.4. The smallest absolute Gasteiger partial charge is 0.316 e. The summed E-state index contributed by atoms with van der Waals surface area (Å²) in [6.07, 6.45) is 2.78. The Bertz CT molecular complexity index is 996. The van der Waals surface area contributed by atoms with Crippen LogP contribution in [0.25, 0.3) is 5.65 Å². The minimum absolute atomic E-state index is 0.0908. The van der Waals surface area contributed by atoms with Gasteiger partial charge < -0.3 is 16.4 Å². The fourth-order valence-corrected chi connectivity index (χ4v) is 2.20. The number of aromatic nitrogens is 2. The molecule has 3 aromatic rings. The molecule has 0 aliphatic heterocycles. The number of amides is 3. The fraction of sp³-hybridized carbons (Fsp3) is 0. The van der Waals surface area contributed by atoms with Crippen molar-refractivity contribution in [2.75, 3.05) is 10.6 Å². The Labute approximate surface area is 135 Å². The number of nitrogens with one attached hydrogen (secondary N) is 2. The van der Waals surface area contributed by atoms with Crippen LogP contribution in [0.4, 0.5) is 16.2 Å². The van der Waals surface area contributed by atoms with E-state index in [4.69, 9.17) is 5.73 Å². The van der Waals surface area contributed by atoms with Gasteiger partial charge in [0, 0.05) is 23.8 Å². The number of rotatable bonds is 3. The second-order valence-electron chi connectivity index (χ2n) is 4.93. The highest BCUT2D eigenvalue weighted by Gasteiger charge is 2.13. The van der Waals surface area contributed by atoms with E-state index < -0.39 is 17.5 Å². The Hall–Kier alpha value is -3.68. The molecular weight excluding hydrogens is 310 g/mol. The summed E-state index contributed by atoms with van der Waals surface area (Å²) in [5.74, 6) is -0.595. The van der Waals surface area contributed by atoms with Gasteiger partial charge in [0.2, 0.25) is 0 Å². The Kier molecular flexibility index (Phi) is 3.94. The molecule has 0 bridgehead atoms. The minimum atomic E-state index is -0.713. The van der Waals surface area contributed by atoms with Crippen LogP contribution in [0.1, 0.15) is 10.4 Å². The molecule has 0 spiro atoms. The van der Waals surface area contributed by atoms with Gasteiger partial charge in [-0.2, -0.15) is 0 Å². The molecule has 0 atom stereocenters. The number of anilines is 2. The first-order valence-electron chi connectivity index (χ1n) is 6.99. The van der Waals surface area contributed by atoms with Gasteiger partial charge in [-0.3, -0.25) is 14.0 Å². The van der Waals surface area contributed by atoms with Gasteiger partial charge in [-0.05, 0) is 30.3 Å². The van der Waals surface area contributed by atoms with Gasteiger partial charge in [-0.1, -0.05) is 12.1 Å². The normalized spacial score (nSPS) is 10.3. The summed E-state index contributed by atoms with van der Waals surface area (Å²) >= 11 is 0. The van der Waals surface area contributed by atoms with Crippen LogP contribution in [0.2, 0.25) is 0 Å². The van der Waals surface area contributed by atoms with Gasteiger partial charge in [0.1, 0.15) is 11.2 Å². The molecule has 8 heteroatoms. The molecule has 3 amide bonds. The third-order valence-electron chi connectivity index (χ3n) is 3.25. The minimum Gasteiger partial charge on any atom is -0.351 e. The number of hydrogen-bond acceptors (Lipinski definition) is 4. The topological polar surface area (TPSA) is 119 Å². The quantitative estimate of drug-likeness (QED) is 0.675. The predicted molar refractivity (Wildman–Crippen MR) is 89.1 cm³/mol. The van der Waals surface area contributed by atoms with Gasteiger partial charge in [0.05, 0.1) is 0 Å². The van der Waals surface area contributed by atoms with Gasteiger partial charge in [0.25, 0.3) is 11.5 Å². The second kappa shape index (κ2) is 6.21. The summed E-state index contributed by atoms with van der Waals surface area (Å²) in [5, 5.41) is 5.00. The van der Waals surface area contributed by atoms with Crippen LogP contribution in [-0.2, 0) is 0 Å². The second-order valence-corrected chi connectivity index (χ2v) is 4.93. The van der Waals surface area contributed by atoms with Crippen molar-refractivity contribution in [2.45, 2.75) is 0 Å². The maximum absolute atomic E-state index is 12.4. The number of nitrogens with two attached hydrogens (primary N) is 1. The fourth-order valence-electron chi connectivity index (χ4n) is 2.20. The average Bonchev–Trinajstić information content (AvgIpc) is 2.55. The van der Waals surface area contributed by atoms with E-state index in [0.29, 0.717) is 17.0 Å². The lowest BCUT2D eigenvalue weighted by atomic mass is 10.2. The summed E-state index contributed by atoms with van der Waals surface area (Å²) in [6, 6.07) is 10.8. The van der Waals surface area contributed by atoms with Crippen molar-refractivity contribution in [1.82, 2.24) is 9.38 Å². The summed E-state index contributed by atoms with van der Waals surface area (Å²) in [6.45, 7) is 0. The van der Waals surface area contributed by atoms with E-state index in [1.54, 1.807) is 42.6 Å². The number of primary amides is 1. The molecule has 0 fully saturated rings. The number of carbonyl (C=O) groups is 2. The maximum Gasteiger partial charge on any atom is 0.316 e. The summed E-state index contributed by atoms with van der Waals surface area (Å²) < 4.78 is 1.29. The first-order valence-corrected chi connectivity index (χ1v) is 6.99. The highest BCUT2D eigenvalue weighted by molar-refractivity contribution is 6.04. The molecule has 120 valence electrons. The molecule has 0 radical (unpaired) electrons. The van der Waals surface area contributed by atoms with Crippen LogP contribution in [0.15, 0.2) is 59.7 Å². The maximum atomic E-state index is 12.4. The van der Waals surface area contributed by atoms with E-state index in [1.807, 2.05) is 0 Å². The molecule has 2 aromatic heterocycles.